The van der Waals surface area contributed by atoms with Crippen molar-refractivity contribution >= 4 is 52.4 Å². The molecular weight excluding hydrogens is 650 g/mol. The third kappa shape index (κ3) is 7.84. The second-order valence-electron chi connectivity index (χ2n) is 9.50. The predicted molar refractivity (Wildman–Crippen MR) is 138 cm³/mol. The molecule has 0 aliphatic heterocycles. The first kappa shape index (κ1) is 33.9. The third-order valence-corrected chi connectivity index (χ3v) is 7.63. The third-order valence-electron chi connectivity index (χ3n) is 6.44. The summed E-state index contributed by atoms with van der Waals surface area (Å²) < 4.78 is 124. The molecule has 1 fully saturated rings. The molecule has 0 radical (unpaired) electrons. The molecule has 0 spiro atoms. The summed E-state index contributed by atoms with van der Waals surface area (Å²) >= 11 is 17.7. The summed E-state index contributed by atoms with van der Waals surface area (Å²) in [5, 5.41) is 2.98. The Morgan fingerprint density at radius 3 is 2.02 bits per heavy atom. The van der Waals surface area contributed by atoms with Gasteiger partial charge in [-0.1, -0.05) is 47.8 Å². The molecule has 2 N–H and O–H groups in total. The molecule has 0 aromatic heterocycles. The summed E-state index contributed by atoms with van der Waals surface area (Å²) in [6.45, 7) is -0.618. The second-order valence-corrected chi connectivity index (χ2v) is 10.7. The highest BCUT2D eigenvalue weighted by atomic mass is 35.5. The molecule has 1 atom stereocenters. The van der Waals surface area contributed by atoms with Crippen LogP contribution in [0, 0.1) is 0 Å². The minimum absolute atomic E-state index is 0.134. The molecule has 2 amide bonds. The van der Waals surface area contributed by atoms with E-state index in [1.807, 2.05) is 5.32 Å². The lowest BCUT2D eigenvalue weighted by atomic mass is 9.89. The first-order valence-corrected chi connectivity index (χ1v) is 13.1. The fourth-order valence-corrected chi connectivity index (χ4v) is 4.59. The SMILES string of the molecule is CCC(F)(F)C(C=C(F)c1ccc(C(=O)NC2(C(=O)NCC(F)(F)F)CC2)c(C(F)(F)F)c1)c1cc(Cl)c(Cl)c(Cl)c1. The number of hydrogen-bond donors (Lipinski definition) is 2. The average Bonchev–Trinajstić information content (AvgIpc) is 3.67. The highest BCUT2D eigenvalue weighted by Crippen LogP contribution is 2.44. The van der Waals surface area contributed by atoms with Crippen LogP contribution in [0.25, 0.3) is 5.83 Å². The molecule has 1 unspecified atom stereocenters. The second kappa shape index (κ2) is 12.2. The topological polar surface area (TPSA) is 58.2 Å². The van der Waals surface area contributed by atoms with Crippen LogP contribution in [0.1, 0.15) is 59.2 Å². The molecule has 1 aliphatic carbocycles. The van der Waals surface area contributed by atoms with E-state index < -0.39 is 77.0 Å². The largest absolute Gasteiger partial charge is 0.417 e. The zero-order valence-electron chi connectivity index (χ0n) is 21.2. The van der Waals surface area contributed by atoms with Crippen LogP contribution < -0.4 is 10.6 Å². The van der Waals surface area contributed by atoms with Crippen molar-refractivity contribution in [1.82, 2.24) is 10.6 Å². The number of amides is 2. The van der Waals surface area contributed by atoms with Crippen LogP contribution in [0.5, 0.6) is 0 Å². The summed E-state index contributed by atoms with van der Waals surface area (Å²) in [5.41, 5.74) is -5.69. The van der Waals surface area contributed by atoms with Gasteiger partial charge in [0, 0.05) is 12.0 Å². The van der Waals surface area contributed by atoms with E-state index in [1.165, 1.54) is 0 Å². The van der Waals surface area contributed by atoms with Gasteiger partial charge >= 0.3 is 12.4 Å². The molecule has 1 aliphatic rings. The number of hydrogen-bond acceptors (Lipinski definition) is 2. The predicted octanol–water partition coefficient (Wildman–Crippen LogP) is 8.75. The van der Waals surface area contributed by atoms with E-state index in [4.69, 9.17) is 34.8 Å². The maximum atomic E-state index is 15.3. The van der Waals surface area contributed by atoms with Gasteiger partial charge < -0.3 is 10.6 Å². The first-order chi connectivity index (χ1) is 19.2. The lowest BCUT2D eigenvalue weighted by molar-refractivity contribution is -0.140. The van der Waals surface area contributed by atoms with Gasteiger partial charge in [-0.2, -0.15) is 26.3 Å². The first-order valence-electron chi connectivity index (χ1n) is 12.0. The van der Waals surface area contributed by atoms with Crippen LogP contribution in [-0.2, 0) is 11.0 Å². The monoisotopic (exact) mass is 668 g/mol. The average molecular weight is 670 g/mol. The van der Waals surface area contributed by atoms with Gasteiger partial charge in [0.1, 0.15) is 17.9 Å². The van der Waals surface area contributed by atoms with Crippen molar-refractivity contribution in [2.45, 2.75) is 55.9 Å². The fraction of sp³-hybridized carbons (Fsp3) is 0.385. The molecule has 16 heteroatoms. The summed E-state index contributed by atoms with van der Waals surface area (Å²) in [5.74, 6) is -9.86. The Morgan fingerprint density at radius 2 is 1.55 bits per heavy atom. The Bertz CT molecular complexity index is 1380. The van der Waals surface area contributed by atoms with Crippen LogP contribution in [0.3, 0.4) is 0 Å². The zero-order valence-corrected chi connectivity index (χ0v) is 23.5. The minimum Gasteiger partial charge on any atom is -0.345 e. The van der Waals surface area contributed by atoms with Crippen molar-refractivity contribution in [2.75, 3.05) is 6.54 Å². The van der Waals surface area contributed by atoms with Crippen molar-refractivity contribution in [3.05, 3.63) is 73.7 Å². The van der Waals surface area contributed by atoms with Crippen LogP contribution in [0.15, 0.2) is 36.4 Å². The van der Waals surface area contributed by atoms with Crippen LogP contribution in [0.4, 0.5) is 39.5 Å². The Kier molecular flexibility index (Phi) is 9.80. The molecule has 42 heavy (non-hydrogen) atoms. The van der Waals surface area contributed by atoms with Crippen LogP contribution >= 0.6 is 34.8 Å². The normalized spacial score (nSPS) is 16.2. The van der Waals surface area contributed by atoms with E-state index in [1.54, 1.807) is 5.32 Å². The van der Waals surface area contributed by atoms with Gasteiger partial charge in [-0.15, -0.1) is 0 Å². The van der Waals surface area contributed by atoms with E-state index in [0.717, 1.165) is 25.1 Å². The molecule has 0 saturated heterocycles. The molecular formula is C26H20Cl3F9N2O2. The van der Waals surface area contributed by atoms with Crippen LogP contribution in [0.2, 0.25) is 15.1 Å². The smallest absolute Gasteiger partial charge is 0.345 e. The van der Waals surface area contributed by atoms with Gasteiger partial charge in [0.2, 0.25) is 5.91 Å². The maximum Gasteiger partial charge on any atom is 0.417 e. The number of nitrogens with one attached hydrogen (secondary N) is 2. The van der Waals surface area contributed by atoms with Gasteiger partial charge in [0.25, 0.3) is 11.8 Å². The Hall–Kier alpha value is -2.64. The van der Waals surface area contributed by atoms with E-state index in [9.17, 15) is 44.7 Å². The molecule has 1 saturated carbocycles. The van der Waals surface area contributed by atoms with Crippen molar-refractivity contribution in [3.8, 4) is 0 Å². The van der Waals surface area contributed by atoms with Crippen molar-refractivity contribution < 1.29 is 49.1 Å². The number of rotatable bonds is 9. The lowest BCUT2D eigenvalue weighted by Crippen LogP contribution is -2.51. The zero-order chi connectivity index (χ0) is 31.8. The number of carbonyl (C=O) groups is 2. The van der Waals surface area contributed by atoms with Crippen molar-refractivity contribution in [1.29, 1.82) is 0 Å². The summed E-state index contributed by atoms with van der Waals surface area (Å²) in [7, 11) is 0. The Morgan fingerprint density at radius 1 is 0.976 bits per heavy atom. The van der Waals surface area contributed by atoms with Gasteiger partial charge in [0.15, 0.2) is 0 Å². The molecule has 3 rings (SSSR count). The van der Waals surface area contributed by atoms with Gasteiger partial charge in [-0.05, 0) is 48.7 Å². The fourth-order valence-electron chi connectivity index (χ4n) is 3.97. The Labute approximate surface area is 248 Å². The number of benzene rings is 2. The molecule has 230 valence electrons. The molecule has 2 aromatic carbocycles. The summed E-state index contributed by atoms with van der Waals surface area (Å²) in [4.78, 5) is 24.9. The summed E-state index contributed by atoms with van der Waals surface area (Å²) in [6.07, 6.45) is -10.7. The van der Waals surface area contributed by atoms with Gasteiger partial charge in [-0.3, -0.25) is 9.59 Å². The molecule has 4 nitrogen and oxygen atoms in total. The van der Waals surface area contributed by atoms with Gasteiger partial charge in [0.05, 0.1) is 32.1 Å². The molecule has 2 aromatic rings. The highest BCUT2D eigenvalue weighted by molar-refractivity contribution is 6.48. The number of allylic oxidation sites excluding steroid dienone is 1. The molecule has 0 bridgehead atoms. The van der Waals surface area contributed by atoms with Crippen molar-refractivity contribution in [3.63, 3.8) is 0 Å². The van der Waals surface area contributed by atoms with E-state index in [2.05, 4.69) is 0 Å². The standard InChI is InChI=1S/C26H20Cl3F9N2O2/c1-2-24(31,32)15(13-8-17(27)20(29)18(28)9-13)10-19(30)12-3-4-14(16(7-12)26(36,37)38)21(41)40-23(5-6-23)22(42)39-11-25(33,34)35/h3-4,7-10,15H,2,5-6,11H2,1H3,(H,39,42)(H,40,41). The molecule has 0 heterocycles. The number of carbonyl (C=O) groups excluding carboxylic acids is 2. The lowest BCUT2D eigenvalue weighted by Gasteiger charge is -2.25. The van der Waals surface area contributed by atoms with E-state index in [0.29, 0.717) is 12.1 Å². The number of alkyl halides is 8. The van der Waals surface area contributed by atoms with Crippen molar-refractivity contribution in [2.24, 2.45) is 0 Å². The van der Waals surface area contributed by atoms with Crippen LogP contribution in [-0.4, -0.2) is 36.0 Å². The highest BCUT2D eigenvalue weighted by Gasteiger charge is 2.52. The van der Waals surface area contributed by atoms with E-state index in [-0.39, 0.29) is 39.5 Å². The number of halogens is 12. The summed E-state index contributed by atoms with van der Waals surface area (Å²) in [6, 6.07) is 3.53. The minimum atomic E-state index is -5.26. The van der Waals surface area contributed by atoms with E-state index >= 15 is 4.39 Å². The van der Waals surface area contributed by atoms with Gasteiger partial charge in [-0.25, -0.2) is 13.2 Å². The quantitative estimate of drug-likeness (QED) is 0.207. The maximum absolute atomic E-state index is 15.3. The Balaban J connectivity index is 1.98.